The van der Waals surface area contributed by atoms with E-state index in [0.29, 0.717) is 18.4 Å². The lowest BCUT2D eigenvalue weighted by atomic mass is 10.0. The van der Waals surface area contributed by atoms with Gasteiger partial charge in [0.15, 0.2) is 11.5 Å². The van der Waals surface area contributed by atoms with Gasteiger partial charge in [-0.25, -0.2) is 0 Å². The monoisotopic (exact) mass is 297 g/mol. The Morgan fingerprint density at radius 3 is 1.95 bits per heavy atom. The molecule has 0 atom stereocenters. The van der Waals surface area contributed by atoms with E-state index < -0.39 is 29.3 Å². The van der Waals surface area contributed by atoms with Crippen molar-refractivity contribution in [1.29, 1.82) is 0 Å². The molecular formula is C11H8ClF4NO2. The van der Waals surface area contributed by atoms with Gasteiger partial charge in [0, 0.05) is 16.6 Å². The lowest BCUT2D eigenvalue weighted by molar-refractivity contribution is -0.391. The fraction of sp³-hybridized carbons (Fsp3) is 0.455. The third kappa shape index (κ3) is 1.83. The van der Waals surface area contributed by atoms with Crippen molar-refractivity contribution in [3.05, 3.63) is 22.7 Å². The molecule has 1 aromatic carbocycles. The maximum absolute atomic E-state index is 13.0. The molecule has 1 saturated carbocycles. The number of halogens is 5. The molecule has 1 aromatic rings. The molecule has 0 aromatic heterocycles. The Balaban J connectivity index is 2.08. The van der Waals surface area contributed by atoms with E-state index in [0.717, 1.165) is 12.1 Å². The van der Waals surface area contributed by atoms with Crippen LogP contribution in [0.3, 0.4) is 0 Å². The van der Waals surface area contributed by atoms with Crippen LogP contribution in [0.2, 0.25) is 5.02 Å². The summed E-state index contributed by atoms with van der Waals surface area (Å²) in [5.41, 5.74) is 5.59. The second-order valence-electron chi connectivity index (χ2n) is 4.67. The van der Waals surface area contributed by atoms with Crippen LogP contribution in [0.25, 0.3) is 0 Å². The smallest absolute Gasteiger partial charge is 0.421 e. The molecule has 0 saturated heterocycles. The lowest BCUT2D eigenvalue weighted by Gasteiger charge is -2.32. The fourth-order valence-corrected chi connectivity index (χ4v) is 2.22. The van der Waals surface area contributed by atoms with Crippen molar-refractivity contribution in [3.8, 4) is 11.5 Å². The van der Waals surface area contributed by atoms with Crippen LogP contribution in [-0.4, -0.2) is 12.2 Å². The number of fused-ring (bicyclic) bond motifs is 1. The van der Waals surface area contributed by atoms with Gasteiger partial charge in [0.2, 0.25) is 0 Å². The van der Waals surface area contributed by atoms with Crippen molar-refractivity contribution >= 4 is 11.6 Å². The normalized spacial score (nSPS) is 24.9. The molecule has 1 aliphatic heterocycles. The molecule has 0 radical (unpaired) electrons. The molecule has 8 heteroatoms. The number of alkyl halides is 4. The molecule has 0 bridgehead atoms. The molecule has 1 aliphatic carbocycles. The number of hydrogen-bond donors (Lipinski definition) is 1. The first kappa shape index (κ1) is 12.8. The maximum Gasteiger partial charge on any atom is 0.507 e. The zero-order valence-corrected chi connectivity index (χ0v) is 10.1. The van der Waals surface area contributed by atoms with Crippen molar-refractivity contribution in [3.63, 3.8) is 0 Å². The highest BCUT2D eigenvalue weighted by molar-refractivity contribution is 6.31. The number of rotatable bonds is 1. The van der Waals surface area contributed by atoms with Gasteiger partial charge >= 0.3 is 12.2 Å². The number of nitrogens with two attached hydrogens (primary N) is 1. The third-order valence-corrected chi connectivity index (χ3v) is 3.49. The van der Waals surface area contributed by atoms with Crippen LogP contribution < -0.4 is 15.2 Å². The first-order valence-corrected chi connectivity index (χ1v) is 5.79. The minimum Gasteiger partial charge on any atom is -0.421 e. The van der Waals surface area contributed by atoms with Gasteiger partial charge in [-0.15, -0.1) is 0 Å². The predicted molar refractivity (Wildman–Crippen MR) is 57.7 cm³/mol. The highest BCUT2D eigenvalue weighted by atomic mass is 35.5. The maximum atomic E-state index is 13.0. The Kier molecular flexibility index (Phi) is 2.33. The Bertz CT molecular complexity index is 560. The standard InChI is InChI=1S/C11H8ClF4NO2/c12-6-4-8-7(3-5(6)9(17)1-2-9)18-10(13,14)11(15,16)19-8/h3-4H,1-2,17H2. The molecule has 3 rings (SSSR count). The van der Waals surface area contributed by atoms with Gasteiger partial charge in [-0.3, -0.25) is 0 Å². The van der Waals surface area contributed by atoms with Crippen molar-refractivity contribution in [2.24, 2.45) is 5.73 Å². The largest absolute Gasteiger partial charge is 0.507 e. The van der Waals surface area contributed by atoms with Gasteiger partial charge in [0.25, 0.3) is 0 Å². The number of hydrogen-bond acceptors (Lipinski definition) is 3. The summed E-state index contributed by atoms with van der Waals surface area (Å²) in [6, 6.07) is 2.15. The molecule has 0 spiro atoms. The lowest BCUT2D eigenvalue weighted by Crippen LogP contribution is -2.52. The molecule has 104 valence electrons. The first-order valence-electron chi connectivity index (χ1n) is 5.41. The highest BCUT2D eigenvalue weighted by Gasteiger charge is 2.66. The Labute approximate surface area is 110 Å². The summed E-state index contributed by atoms with van der Waals surface area (Å²) in [7, 11) is 0. The second kappa shape index (κ2) is 3.46. The summed E-state index contributed by atoms with van der Waals surface area (Å²) in [5.74, 6) is -1.03. The fourth-order valence-electron chi connectivity index (χ4n) is 1.88. The van der Waals surface area contributed by atoms with Gasteiger partial charge in [-0.1, -0.05) is 11.6 Å². The van der Waals surface area contributed by atoms with Crippen LogP contribution >= 0.6 is 11.6 Å². The van der Waals surface area contributed by atoms with E-state index in [4.69, 9.17) is 17.3 Å². The quantitative estimate of drug-likeness (QED) is 0.809. The molecule has 3 nitrogen and oxygen atoms in total. The van der Waals surface area contributed by atoms with Gasteiger partial charge in [-0.2, -0.15) is 17.6 Å². The zero-order chi connectivity index (χ0) is 14.1. The van der Waals surface area contributed by atoms with Gasteiger partial charge in [0.1, 0.15) is 0 Å². The molecule has 2 aliphatic rings. The average Bonchev–Trinajstić information content (AvgIpc) is 2.99. The Hall–Kier alpha value is -1.21. The van der Waals surface area contributed by atoms with Crippen LogP contribution in [0.1, 0.15) is 18.4 Å². The van der Waals surface area contributed by atoms with Crippen LogP contribution in [0, 0.1) is 0 Å². The summed E-state index contributed by atoms with van der Waals surface area (Å²) < 4.78 is 60.0. The summed E-state index contributed by atoms with van der Waals surface area (Å²) in [4.78, 5) is 0. The molecule has 1 fully saturated rings. The van der Waals surface area contributed by atoms with E-state index >= 15 is 0 Å². The van der Waals surface area contributed by atoms with Crippen molar-refractivity contribution < 1.29 is 27.0 Å². The molecule has 1 heterocycles. The topological polar surface area (TPSA) is 44.5 Å². The van der Waals surface area contributed by atoms with Crippen LogP contribution in [0.5, 0.6) is 11.5 Å². The summed E-state index contributed by atoms with van der Waals surface area (Å²) in [6.45, 7) is 0. The second-order valence-corrected chi connectivity index (χ2v) is 5.08. The third-order valence-electron chi connectivity index (χ3n) is 3.17. The minimum atomic E-state index is -4.75. The highest BCUT2D eigenvalue weighted by Crippen LogP contribution is 2.52. The molecule has 0 unspecified atom stereocenters. The van der Waals surface area contributed by atoms with E-state index in [1.807, 2.05) is 0 Å². The van der Waals surface area contributed by atoms with E-state index in [1.165, 1.54) is 0 Å². The van der Waals surface area contributed by atoms with E-state index in [2.05, 4.69) is 9.47 Å². The summed E-state index contributed by atoms with van der Waals surface area (Å²) in [5, 5.41) is 0.0865. The Morgan fingerprint density at radius 1 is 1.00 bits per heavy atom. The molecule has 0 amide bonds. The van der Waals surface area contributed by atoms with Crippen LogP contribution in [0.4, 0.5) is 17.6 Å². The number of ether oxygens (including phenoxy) is 2. The summed E-state index contributed by atoms with van der Waals surface area (Å²) >= 11 is 5.90. The number of benzene rings is 1. The van der Waals surface area contributed by atoms with Crippen molar-refractivity contribution in [1.82, 2.24) is 0 Å². The minimum absolute atomic E-state index is 0.0865. The molecule has 19 heavy (non-hydrogen) atoms. The van der Waals surface area contributed by atoms with E-state index in [9.17, 15) is 17.6 Å². The van der Waals surface area contributed by atoms with Crippen LogP contribution in [0.15, 0.2) is 12.1 Å². The van der Waals surface area contributed by atoms with Gasteiger partial charge in [0.05, 0.1) is 0 Å². The van der Waals surface area contributed by atoms with E-state index in [1.54, 1.807) is 0 Å². The van der Waals surface area contributed by atoms with Crippen LogP contribution in [-0.2, 0) is 5.54 Å². The van der Waals surface area contributed by atoms with Gasteiger partial charge < -0.3 is 15.2 Å². The summed E-state index contributed by atoms with van der Waals surface area (Å²) in [6.07, 6.45) is -8.21. The van der Waals surface area contributed by atoms with Crippen molar-refractivity contribution in [2.75, 3.05) is 0 Å². The van der Waals surface area contributed by atoms with Crippen molar-refractivity contribution in [2.45, 2.75) is 30.6 Å². The predicted octanol–water partition coefficient (Wildman–Crippen LogP) is 3.24. The Morgan fingerprint density at radius 2 is 1.47 bits per heavy atom. The van der Waals surface area contributed by atoms with Gasteiger partial charge in [-0.05, 0) is 24.5 Å². The average molecular weight is 298 g/mol. The first-order chi connectivity index (χ1) is 8.65. The molecular weight excluding hydrogens is 290 g/mol. The zero-order valence-electron chi connectivity index (χ0n) is 9.35. The molecule has 2 N–H and O–H groups in total. The SMILES string of the molecule is NC1(c2cc3c(cc2Cl)OC(F)(F)C(F)(F)O3)CC1. The van der Waals surface area contributed by atoms with E-state index in [-0.39, 0.29) is 5.02 Å².